The fourth-order valence-electron chi connectivity index (χ4n) is 1.93. The summed E-state index contributed by atoms with van der Waals surface area (Å²) >= 11 is 17.4. The molecular weight excluding hydrogens is 339 g/mol. The Morgan fingerprint density at radius 3 is 2.45 bits per heavy atom. The highest BCUT2D eigenvalue weighted by molar-refractivity contribution is 7.80. The van der Waals surface area contributed by atoms with Gasteiger partial charge < -0.3 is 15.4 Å². The molecule has 22 heavy (non-hydrogen) atoms. The minimum absolute atomic E-state index is 0.0452. The van der Waals surface area contributed by atoms with E-state index in [-0.39, 0.29) is 6.04 Å². The average Bonchev–Trinajstić information content (AvgIpc) is 2.52. The Morgan fingerprint density at radius 1 is 1.14 bits per heavy atom. The second-order valence-electron chi connectivity index (χ2n) is 4.69. The zero-order valence-corrected chi connectivity index (χ0v) is 14.5. The van der Waals surface area contributed by atoms with Crippen molar-refractivity contribution in [2.24, 2.45) is 0 Å². The van der Waals surface area contributed by atoms with Gasteiger partial charge in [0, 0.05) is 0 Å². The molecule has 0 fully saturated rings. The van der Waals surface area contributed by atoms with Crippen molar-refractivity contribution in [1.82, 2.24) is 5.32 Å². The first-order chi connectivity index (χ1) is 10.5. The number of thiocarbonyl (C=S) groups is 1. The van der Waals surface area contributed by atoms with Crippen molar-refractivity contribution < 1.29 is 4.74 Å². The van der Waals surface area contributed by atoms with Crippen LogP contribution < -0.4 is 15.4 Å². The Labute approximate surface area is 145 Å². The number of anilines is 1. The second kappa shape index (κ2) is 7.68. The SMILES string of the molecule is COc1ccc(C(C)NC(=S)Nc2cccc(Cl)c2Cl)cc1. The standard InChI is InChI=1S/C16H16Cl2N2OS/c1-10(11-6-8-12(21-2)9-7-11)19-16(22)20-14-5-3-4-13(17)15(14)18/h3-10H,1-2H3,(H2,19,20,22). The fraction of sp³-hybridized carbons (Fsp3) is 0.188. The van der Waals surface area contributed by atoms with E-state index in [0.717, 1.165) is 11.3 Å². The van der Waals surface area contributed by atoms with E-state index in [4.69, 9.17) is 40.2 Å². The Kier molecular flexibility index (Phi) is 5.89. The number of rotatable bonds is 4. The van der Waals surface area contributed by atoms with Crippen LogP contribution in [0.1, 0.15) is 18.5 Å². The van der Waals surface area contributed by atoms with Gasteiger partial charge in [-0.05, 0) is 49.0 Å². The number of halogens is 2. The molecule has 0 amide bonds. The maximum atomic E-state index is 6.13. The molecule has 3 nitrogen and oxygen atoms in total. The molecule has 0 aliphatic heterocycles. The summed E-state index contributed by atoms with van der Waals surface area (Å²) in [4.78, 5) is 0. The Hall–Kier alpha value is -1.49. The van der Waals surface area contributed by atoms with Crippen LogP contribution in [0, 0.1) is 0 Å². The molecule has 2 N–H and O–H groups in total. The summed E-state index contributed by atoms with van der Waals surface area (Å²) in [5, 5.41) is 7.67. The van der Waals surface area contributed by atoms with Gasteiger partial charge in [-0.1, -0.05) is 41.4 Å². The fourth-order valence-corrected chi connectivity index (χ4v) is 2.57. The van der Waals surface area contributed by atoms with Crippen LogP contribution in [0.5, 0.6) is 5.75 Å². The number of methoxy groups -OCH3 is 1. The normalized spacial score (nSPS) is 11.6. The molecule has 0 spiro atoms. The Morgan fingerprint density at radius 2 is 1.82 bits per heavy atom. The highest BCUT2D eigenvalue weighted by Gasteiger charge is 2.09. The van der Waals surface area contributed by atoms with E-state index < -0.39 is 0 Å². The lowest BCUT2D eigenvalue weighted by molar-refractivity contribution is 0.414. The first kappa shape index (κ1) is 16.9. The molecule has 0 aliphatic rings. The van der Waals surface area contributed by atoms with Gasteiger partial charge in [-0.25, -0.2) is 0 Å². The number of nitrogens with one attached hydrogen (secondary N) is 2. The van der Waals surface area contributed by atoms with Crippen LogP contribution in [-0.4, -0.2) is 12.2 Å². The van der Waals surface area contributed by atoms with Crippen LogP contribution in [0.3, 0.4) is 0 Å². The first-order valence-electron chi connectivity index (χ1n) is 6.66. The summed E-state index contributed by atoms with van der Waals surface area (Å²) in [5.74, 6) is 0.822. The van der Waals surface area contributed by atoms with Crippen molar-refractivity contribution in [2.75, 3.05) is 12.4 Å². The van der Waals surface area contributed by atoms with Gasteiger partial charge in [0.15, 0.2) is 5.11 Å². The number of benzene rings is 2. The zero-order chi connectivity index (χ0) is 16.1. The molecule has 0 saturated carbocycles. The summed E-state index contributed by atoms with van der Waals surface area (Å²) < 4.78 is 5.15. The predicted octanol–water partition coefficient (Wildman–Crippen LogP) is 5.05. The number of hydrogen-bond donors (Lipinski definition) is 2. The highest BCUT2D eigenvalue weighted by atomic mass is 35.5. The van der Waals surface area contributed by atoms with Gasteiger partial charge in [-0.2, -0.15) is 0 Å². The predicted molar refractivity (Wildman–Crippen MR) is 97.2 cm³/mol. The van der Waals surface area contributed by atoms with E-state index in [0.29, 0.717) is 20.8 Å². The average molecular weight is 355 g/mol. The summed E-state index contributed by atoms with van der Waals surface area (Å²) in [6.07, 6.45) is 0. The van der Waals surface area contributed by atoms with Crippen LogP contribution >= 0.6 is 35.4 Å². The van der Waals surface area contributed by atoms with Gasteiger partial charge in [0.2, 0.25) is 0 Å². The van der Waals surface area contributed by atoms with Crippen molar-refractivity contribution in [3.05, 3.63) is 58.1 Å². The van der Waals surface area contributed by atoms with E-state index in [1.165, 1.54) is 0 Å². The van der Waals surface area contributed by atoms with Gasteiger partial charge >= 0.3 is 0 Å². The minimum Gasteiger partial charge on any atom is -0.497 e. The molecular formula is C16H16Cl2N2OS. The van der Waals surface area contributed by atoms with Gasteiger partial charge in [-0.15, -0.1) is 0 Å². The molecule has 2 aromatic rings. The van der Waals surface area contributed by atoms with Crippen molar-refractivity contribution in [3.63, 3.8) is 0 Å². The van der Waals surface area contributed by atoms with E-state index in [1.807, 2.05) is 43.3 Å². The lowest BCUT2D eigenvalue weighted by Gasteiger charge is -2.18. The molecule has 0 aromatic heterocycles. The molecule has 0 saturated heterocycles. The van der Waals surface area contributed by atoms with Gasteiger partial charge in [0.05, 0.1) is 28.9 Å². The van der Waals surface area contributed by atoms with Crippen molar-refractivity contribution in [1.29, 1.82) is 0 Å². The van der Waals surface area contributed by atoms with Crippen molar-refractivity contribution >= 4 is 46.2 Å². The third-order valence-electron chi connectivity index (χ3n) is 3.16. The topological polar surface area (TPSA) is 33.3 Å². The summed E-state index contributed by atoms with van der Waals surface area (Å²) in [7, 11) is 1.64. The van der Waals surface area contributed by atoms with Gasteiger partial charge in [0.25, 0.3) is 0 Å². The third kappa shape index (κ3) is 4.26. The van der Waals surface area contributed by atoms with Crippen LogP contribution in [0.4, 0.5) is 5.69 Å². The van der Waals surface area contributed by atoms with Crippen LogP contribution in [-0.2, 0) is 0 Å². The Balaban J connectivity index is 2.00. The van der Waals surface area contributed by atoms with Gasteiger partial charge in [0.1, 0.15) is 5.75 Å². The van der Waals surface area contributed by atoms with Crippen molar-refractivity contribution in [3.8, 4) is 5.75 Å². The van der Waals surface area contributed by atoms with Crippen LogP contribution in [0.2, 0.25) is 10.0 Å². The summed E-state index contributed by atoms with van der Waals surface area (Å²) in [5.41, 5.74) is 1.77. The van der Waals surface area contributed by atoms with Crippen LogP contribution in [0.15, 0.2) is 42.5 Å². The summed E-state index contributed by atoms with van der Waals surface area (Å²) in [6, 6.07) is 13.2. The summed E-state index contributed by atoms with van der Waals surface area (Å²) in [6.45, 7) is 2.02. The third-order valence-corrected chi connectivity index (χ3v) is 4.20. The second-order valence-corrected chi connectivity index (χ2v) is 5.89. The van der Waals surface area contributed by atoms with Crippen molar-refractivity contribution in [2.45, 2.75) is 13.0 Å². The van der Waals surface area contributed by atoms with E-state index in [1.54, 1.807) is 13.2 Å². The molecule has 0 radical (unpaired) electrons. The molecule has 116 valence electrons. The molecule has 1 unspecified atom stereocenters. The molecule has 2 aromatic carbocycles. The Bertz CT molecular complexity index is 662. The molecule has 2 rings (SSSR count). The molecule has 6 heteroatoms. The maximum absolute atomic E-state index is 6.13. The van der Waals surface area contributed by atoms with E-state index in [9.17, 15) is 0 Å². The lowest BCUT2D eigenvalue weighted by atomic mass is 10.1. The molecule has 0 heterocycles. The molecule has 1 atom stereocenters. The zero-order valence-electron chi connectivity index (χ0n) is 12.2. The molecule has 0 aliphatic carbocycles. The van der Waals surface area contributed by atoms with E-state index in [2.05, 4.69) is 10.6 Å². The smallest absolute Gasteiger partial charge is 0.171 e. The molecule has 0 bridgehead atoms. The first-order valence-corrected chi connectivity index (χ1v) is 7.83. The number of ether oxygens (including phenoxy) is 1. The minimum atomic E-state index is 0.0452. The largest absolute Gasteiger partial charge is 0.497 e. The van der Waals surface area contributed by atoms with Crippen LogP contribution in [0.25, 0.3) is 0 Å². The quantitative estimate of drug-likeness (QED) is 0.752. The maximum Gasteiger partial charge on any atom is 0.171 e. The monoisotopic (exact) mass is 354 g/mol. The van der Waals surface area contributed by atoms with E-state index >= 15 is 0 Å². The number of hydrogen-bond acceptors (Lipinski definition) is 2. The highest BCUT2D eigenvalue weighted by Crippen LogP contribution is 2.29. The lowest BCUT2D eigenvalue weighted by Crippen LogP contribution is -2.31. The van der Waals surface area contributed by atoms with Gasteiger partial charge in [-0.3, -0.25) is 0 Å².